The van der Waals surface area contributed by atoms with Gasteiger partial charge in [0, 0.05) is 19.3 Å². The highest BCUT2D eigenvalue weighted by Crippen LogP contribution is 2.30. The fourth-order valence-electron chi connectivity index (χ4n) is 3.26. The lowest BCUT2D eigenvalue weighted by Gasteiger charge is -2.18. The lowest BCUT2D eigenvalue weighted by Crippen LogP contribution is -2.30. The van der Waals surface area contributed by atoms with Crippen molar-refractivity contribution in [3.05, 3.63) is 46.5 Å². The summed E-state index contributed by atoms with van der Waals surface area (Å²) in [5.41, 5.74) is 2.65. The SMILES string of the molecule is Cc1csc2c(C(=O)N3CC[C@H](O)C3)nc(N[C@@H](C)c3cncc(F)c3)nc12. The molecule has 0 unspecified atom stereocenters. The van der Waals surface area contributed by atoms with E-state index in [2.05, 4.69) is 20.3 Å². The summed E-state index contributed by atoms with van der Waals surface area (Å²) < 4.78 is 14.2. The Hall–Kier alpha value is -2.65. The summed E-state index contributed by atoms with van der Waals surface area (Å²) in [6.07, 6.45) is 2.80. The molecule has 0 aliphatic carbocycles. The summed E-state index contributed by atoms with van der Waals surface area (Å²) in [7, 11) is 0. The van der Waals surface area contributed by atoms with E-state index < -0.39 is 11.9 Å². The highest BCUT2D eigenvalue weighted by molar-refractivity contribution is 7.17. The van der Waals surface area contributed by atoms with Gasteiger partial charge in [0.05, 0.1) is 28.6 Å². The van der Waals surface area contributed by atoms with Crippen LogP contribution in [0.2, 0.25) is 0 Å². The minimum Gasteiger partial charge on any atom is -0.391 e. The third kappa shape index (κ3) is 3.55. The van der Waals surface area contributed by atoms with Gasteiger partial charge in [0.15, 0.2) is 5.69 Å². The normalized spacial score (nSPS) is 17.9. The molecule has 4 rings (SSSR count). The highest BCUT2D eigenvalue weighted by atomic mass is 32.1. The first kappa shape index (κ1) is 18.7. The van der Waals surface area contributed by atoms with Gasteiger partial charge < -0.3 is 15.3 Å². The average molecular weight is 401 g/mol. The van der Waals surface area contributed by atoms with Gasteiger partial charge in [-0.1, -0.05) is 0 Å². The van der Waals surface area contributed by atoms with E-state index in [9.17, 15) is 14.3 Å². The van der Waals surface area contributed by atoms with Crippen LogP contribution in [0.25, 0.3) is 10.2 Å². The number of pyridine rings is 1. The molecular formula is C19H20FN5O2S. The number of nitrogens with one attached hydrogen (secondary N) is 1. The second kappa shape index (κ2) is 7.40. The maximum Gasteiger partial charge on any atom is 0.274 e. The number of nitrogens with zero attached hydrogens (tertiary/aromatic N) is 4. The fourth-order valence-corrected chi connectivity index (χ4v) is 4.23. The van der Waals surface area contributed by atoms with E-state index in [0.29, 0.717) is 36.7 Å². The Morgan fingerprint density at radius 2 is 2.25 bits per heavy atom. The van der Waals surface area contributed by atoms with Gasteiger partial charge >= 0.3 is 0 Å². The maximum atomic E-state index is 13.5. The van der Waals surface area contributed by atoms with Crippen LogP contribution in [0.1, 0.15) is 41.0 Å². The molecule has 9 heteroatoms. The minimum atomic E-state index is -0.496. The molecule has 1 aliphatic heterocycles. The third-order valence-electron chi connectivity index (χ3n) is 4.82. The monoisotopic (exact) mass is 401 g/mol. The van der Waals surface area contributed by atoms with E-state index in [1.165, 1.54) is 17.4 Å². The fraction of sp³-hybridized carbons (Fsp3) is 0.368. The molecule has 7 nitrogen and oxygen atoms in total. The molecule has 0 spiro atoms. The van der Waals surface area contributed by atoms with Crippen molar-refractivity contribution in [1.29, 1.82) is 0 Å². The summed E-state index contributed by atoms with van der Waals surface area (Å²) in [4.78, 5) is 27.5. The Kier molecular flexibility index (Phi) is 4.94. The Morgan fingerprint density at radius 1 is 1.43 bits per heavy atom. The molecule has 28 heavy (non-hydrogen) atoms. The summed E-state index contributed by atoms with van der Waals surface area (Å²) >= 11 is 1.43. The average Bonchev–Trinajstić information content (AvgIpc) is 3.27. The number of aryl methyl sites for hydroxylation is 1. The van der Waals surface area contributed by atoms with Crippen LogP contribution in [0, 0.1) is 12.7 Å². The number of aliphatic hydroxyl groups excluding tert-OH is 1. The van der Waals surface area contributed by atoms with E-state index in [1.54, 1.807) is 11.1 Å². The summed E-state index contributed by atoms with van der Waals surface area (Å²) in [6, 6.07) is 1.10. The van der Waals surface area contributed by atoms with Gasteiger partial charge in [-0.15, -0.1) is 11.3 Å². The molecule has 0 bridgehead atoms. The molecule has 2 atom stereocenters. The number of β-amino-alcohol motifs (C(OH)–C–C–N with tert-alkyl or cyclic N) is 1. The Bertz CT molecular complexity index is 1040. The van der Waals surface area contributed by atoms with Gasteiger partial charge in [-0.05, 0) is 42.8 Å². The van der Waals surface area contributed by atoms with Crippen molar-refractivity contribution in [2.45, 2.75) is 32.4 Å². The molecule has 3 aromatic rings. The maximum absolute atomic E-state index is 13.5. The molecule has 146 valence electrons. The zero-order valence-electron chi connectivity index (χ0n) is 15.5. The predicted octanol–water partition coefficient (Wildman–Crippen LogP) is 2.91. The number of carbonyl (C=O) groups is 1. The minimum absolute atomic E-state index is 0.214. The van der Waals surface area contributed by atoms with Gasteiger partial charge in [-0.3, -0.25) is 9.78 Å². The first-order valence-electron chi connectivity index (χ1n) is 9.02. The van der Waals surface area contributed by atoms with Crippen LogP contribution in [0.3, 0.4) is 0 Å². The molecular weight excluding hydrogens is 381 g/mol. The van der Waals surface area contributed by atoms with Crippen LogP contribution in [0.5, 0.6) is 0 Å². The van der Waals surface area contributed by atoms with Crippen LogP contribution in [0.15, 0.2) is 23.8 Å². The van der Waals surface area contributed by atoms with Crippen molar-refractivity contribution < 1.29 is 14.3 Å². The van der Waals surface area contributed by atoms with E-state index in [1.807, 2.05) is 19.2 Å². The Labute approximate surface area is 165 Å². The number of aliphatic hydroxyl groups is 1. The second-order valence-electron chi connectivity index (χ2n) is 6.99. The van der Waals surface area contributed by atoms with Crippen LogP contribution < -0.4 is 5.32 Å². The standard InChI is InChI=1S/C19H20FN5O2S/c1-10-9-28-17-15(10)23-19(22-11(2)12-5-13(20)7-21-6-12)24-16(17)18(27)25-4-3-14(26)8-25/h5-7,9,11,14,26H,3-4,8H2,1-2H3,(H,22,23,24)/t11-,14-/m0/s1. The van der Waals surface area contributed by atoms with Crippen LogP contribution in [-0.4, -0.2) is 50.1 Å². The number of thiophene rings is 1. The number of hydrogen-bond donors (Lipinski definition) is 2. The number of likely N-dealkylation sites (tertiary alicyclic amines) is 1. The smallest absolute Gasteiger partial charge is 0.274 e. The van der Waals surface area contributed by atoms with E-state index >= 15 is 0 Å². The number of fused-ring (bicyclic) bond motifs is 1. The van der Waals surface area contributed by atoms with Crippen molar-refractivity contribution in [2.24, 2.45) is 0 Å². The van der Waals surface area contributed by atoms with Crippen LogP contribution >= 0.6 is 11.3 Å². The molecule has 0 radical (unpaired) electrons. The third-order valence-corrected chi connectivity index (χ3v) is 5.91. The topological polar surface area (TPSA) is 91.2 Å². The summed E-state index contributed by atoms with van der Waals surface area (Å²) in [5.74, 6) is -0.331. The molecule has 1 saturated heterocycles. The second-order valence-corrected chi connectivity index (χ2v) is 7.87. The zero-order chi connectivity index (χ0) is 19.8. The lowest BCUT2D eigenvalue weighted by atomic mass is 10.1. The quantitative estimate of drug-likeness (QED) is 0.699. The number of rotatable bonds is 4. The van der Waals surface area contributed by atoms with Crippen molar-refractivity contribution in [3.8, 4) is 0 Å². The molecule has 0 aromatic carbocycles. The molecule has 0 saturated carbocycles. The van der Waals surface area contributed by atoms with E-state index in [-0.39, 0.29) is 11.9 Å². The first-order chi connectivity index (χ1) is 13.4. The van der Waals surface area contributed by atoms with E-state index in [0.717, 1.165) is 22.0 Å². The molecule has 4 heterocycles. The summed E-state index contributed by atoms with van der Waals surface area (Å²) in [5, 5.41) is 14.8. The van der Waals surface area contributed by atoms with Crippen molar-refractivity contribution >= 4 is 33.4 Å². The number of carbonyl (C=O) groups excluding carboxylic acids is 1. The van der Waals surface area contributed by atoms with Crippen molar-refractivity contribution in [1.82, 2.24) is 19.9 Å². The van der Waals surface area contributed by atoms with Gasteiger partial charge in [0.25, 0.3) is 5.91 Å². The van der Waals surface area contributed by atoms with Crippen LogP contribution in [0.4, 0.5) is 10.3 Å². The lowest BCUT2D eigenvalue weighted by molar-refractivity contribution is 0.0761. The van der Waals surface area contributed by atoms with Gasteiger partial charge in [0.2, 0.25) is 5.95 Å². The molecule has 1 aliphatic rings. The number of aromatic nitrogens is 3. The van der Waals surface area contributed by atoms with E-state index in [4.69, 9.17) is 0 Å². The molecule has 1 fully saturated rings. The highest BCUT2D eigenvalue weighted by Gasteiger charge is 2.29. The number of amides is 1. The number of hydrogen-bond acceptors (Lipinski definition) is 7. The number of halogens is 1. The van der Waals surface area contributed by atoms with Crippen LogP contribution in [-0.2, 0) is 0 Å². The largest absolute Gasteiger partial charge is 0.391 e. The molecule has 3 aromatic heterocycles. The van der Waals surface area contributed by atoms with Gasteiger partial charge in [-0.25, -0.2) is 14.4 Å². The first-order valence-corrected chi connectivity index (χ1v) is 9.90. The Balaban J connectivity index is 1.69. The number of anilines is 1. The van der Waals surface area contributed by atoms with Gasteiger partial charge in [-0.2, -0.15) is 0 Å². The zero-order valence-corrected chi connectivity index (χ0v) is 16.3. The van der Waals surface area contributed by atoms with Crippen molar-refractivity contribution in [2.75, 3.05) is 18.4 Å². The molecule has 2 N–H and O–H groups in total. The van der Waals surface area contributed by atoms with Crippen molar-refractivity contribution in [3.63, 3.8) is 0 Å². The predicted molar refractivity (Wildman–Crippen MR) is 105 cm³/mol. The molecule has 1 amide bonds. The summed E-state index contributed by atoms with van der Waals surface area (Å²) in [6.45, 7) is 4.60. The van der Waals surface area contributed by atoms with Gasteiger partial charge in [0.1, 0.15) is 5.82 Å². The Morgan fingerprint density at radius 3 is 2.96 bits per heavy atom.